The van der Waals surface area contributed by atoms with Crippen LogP contribution in [0.25, 0.3) is 0 Å². The van der Waals surface area contributed by atoms with Gasteiger partial charge in [0, 0.05) is 36.5 Å². The van der Waals surface area contributed by atoms with E-state index in [1.165, 1.54) is 10.2 Å². The highest BCUT2D eigenvalue weighted by molar-refractivity contribution is 14.1. The first kappa shape index (κ1) is 12.5. The van der Waals surface area contributed by atoms with E-state index < -0.39 is 24.2 Å². The summed E-state index contributed by atoms with van der Waals surface area (Å²) in [7, 11) is 1.35. The SMILES string of the molecule is COCC1C(C(F)(F)F)C(O)CN1I. The van der Waals surface area contributed by atoms with Gasteiger partial charge in [-0.3, -0.25) is 0 Å². The molecular formula is C7H11F3INO2. The number of aliphatic hydroxyl groups excluding tert-OH is 1. The molecule has 0 radical (unpaired) electrons. The molecule has 1 N–H and O–H groups in total. The van der Waals surface area contributed by atoms with Gasteiger partial charge in [0.15, 0.2) is 0 Å². The molecule has 0 aromatic heterocycles. The largest absolute Gasteiger partial charge is 0.395 e. The van der Waals surface area contributed by atoms with Crippen molar-refractivity contribution in [2.45, 2.75) is 18.3 Å². The van der Waals surface area contributed by atoms with Crippen molar-refractivity contribution in [3.05, 3.63) is 0 Å². The van der Waals surface area contributed by atoms with Crippen LogP contribution in [-0.4, -0.2) is 46.8 Å². The van der Waals surface area contributed by atoms with Gasteiger partial charge < -0.3 is 9.84 Å². The van der Waals surface area contributed by atoms with Crippen molar-refractivity contribution in [1.82, 2.24) is 3.11 Å². The summed E-state index contributed by atoms with van der Waals surface area (Å²) >= 11 is 1.78. The van der Waals surface area contributed by atoms with Crippen LogP contribution in [0, 0.1) is 5.92 Å². The quantitative estimate of drug-likeness (QED) is 0.612. The standard InChI is InChI=1S/C7H11F3INO2/c1-14-3-4-6(7(8,9)10)5(13)2-12(4)11/h4-6,13H,2-3H2,1H3. The van der Waals surface area contributed by atoms with Gasteiger partial charge in [0.05, 0.1) is 18.8 Å². The minimum atomic E-state index is -4.37. The number of methoxy groups -OCH3 is 1. The number of halogens is 4. The Bertz CT molecular complexity index is 202. The summed E-state index contributed by atoms with van der Waals surface area (Å²) in [5, 5.41) is 9.27. The van der Waals surface area contributed by atoms with E-state index >= 15 is 0 Å². The number of aliphatic hydroxyl groups is 1. The van der Waals surface area contributed by atoms with Gasteiger partial charge in [0.2, 0.25) is 0 Å². The van der Waals surface area contributed by atoms with Gasteiger partial charge in [-0.05, 0) is 0 Å². The van der Waals surface area contributed by atoms with E-state index in [0.717, 1.165) is 0 Å². The van der Waals surface area contributed by atoms with Crippen LogP contribution in [0.1, 0.15) is 0 Å². The maximum absolute atomic E-state index is 12.5. The smallest absolute Gasteiger partial charge is 0.391 e. The van der Waals surface area contributed by atoms with E-state index in [1.54, 1.807) is 22.9 Å². The second-order valence-electron chi connectivity index (χ2n) is 3.24. The Labute approximate surface area is 93.7 Å². The first-order chi connectivity index (χ1) is 6.38. The summed E-state index contributed by atoms with van der Waals surface area (Å²) in [6, 6.07) is -0.796. The van der Waals surface area contributed by atoms with Gasteiger partial charge in [-0.25, -0.2) is 3.11 Å². The lowest BCUT2D eigenvalue weighted by Gasteiger charge is -2.25. The molecule has 0 amide bonds. The highest BCUT2D eigenvalue weighted by Gasteiger charge is 2.54. The van der Waals surface area contributed by atoms with Crippen molar-refractivity contribution in [2.24, 2.45) is 5.92 Å². The van der Waals surface area contributed by atoms with Crippen molar-refractivity contribution >= 4 is 22.9 Å². The molecule has 3 nitrogen and oxygen atoms in total. The van der Waals surface area contributed by atoms with Crippen molar-refractivity contribution in [2.75, 3.05) is 20.3 Å². The van der Waals surface area contributed by atoms with Crippen LogP contribution < -0.4 is 0 Å². The molecule has 1 aliphatic rings. The van der Waals surface area contributed by atoms with Gasteiger partial charge in [-0.15, -0.1) is 0 Å². The topological polar surface area (TPSA) is 32.7 Å². The molecule has 1 fully saturated rings. The highest BCUT2D eigenvalue weighted by Crippen LogP contribution is 2.39. The van der Waals surface area contributed by atoms with Gasteiger partial charge in [0.25, 0.3) is 0 Å². The monoisotopic (exact) mass is 325 g/mol. The molecule has 1 aliphatic heterocycles. The predicted octanol–water partition coefficient (Wildman–Crippen LogP) is 1.21. The molecule has 7 heteroatoms. The number of ether oxygens (including phenoxy) is 1. The summed E-state index contributed by atoms with van der Waals surface area (Å²) < 4.78 is 43.7. The Kier molecular flexibility index (Phi) is 4.01. The fourth-order valence-electron chi connectivity index (χ4n) is 1.65. The Morgan fingerprint density at radius 2 is 2.14 bits per heavy atom. The lowest BCUT2D eigenvalue weighted by atomic mass is 9.98. The normalized spacial score (nSPS) is 35.1. The third-order valence-corrected chi connectivity index (χ3v) is 3.38. The number of hydrogen-bond donors (Lipinski definition) is 1. The molecule has 0 spiro atoms. The molecule has 0 saturated carbocycles. The van der Waals surface area contributed by atoms with Crippen LogP contribution >= 0.6 is 22.9 Å². The molecule has 3 atom stereocenters. The zero-order valence-corrected chi connectivity index (χ0v) is 9.62. The molecular weight excluding hydrogens is 314 g/mol. The Balaban J connectivity index is 2.78. The summed E-state index contributed by atoms with van der Waals surface area (Å²) in [5.74, 6) is -1.71. The average molecular weight is 325 g/mol. The summed E-state index contributed by atoms with van der Waals surface area (Å²) in [6.07, 6.45) is -5.73. The fourth-order valence-corrected chi connectivity index (χ4v) is 2.56. The summed E-state index contributed by atoms with van der Waals surface area (Å²) in [6.45, 7) is 0.00292. The van der Waals surface area contributed by atoms with E-state index in [9.17, 15) is 18.3 Å². The van der Waals surface area contributed by atoms with E-state index in [2.05, 4.69) is 0 Å². The number of rotatable bonds is 2. The minimum Gasteiger partial charge on any atom is -0.391 e. The highest BCUT2D eigenvalue weighted by atomic mass is 127. The third kappa shape index (κ3) is 2.50. The van der Waals surface area contributed by atoms with Crippen molar-refractivity contribution in [3.63, 3.8) is 0 Å². The lowest BCUT2D eigenvalue weighted by molar-refractivity contribution is -0.199. The van der Waals surface area contributed by atoms with E-state index in [4.69, 9.17) is 4.74 Å². The summed E-state index contributed by atoms with van der Waals surface area (Å²) in [4.78, 5) is 0. The minimum absolute atomic E-state index is 0.0236. The van der Waals surface area contributed by atoms with E-state index in [1.807, 2.05) is 0 Å². The van der Waals surface area contributed by atoms with Gasteiger partial charge in [0.1, 0.15) is 5.92 Å². The van der Waals surface area contributed by atoms with Crippen molar-refractivity contribution in [1.29, 1.82) is 0 Å². The van der Waals surface area contributed by atoms with Crippen LogP contribution in [0.3, 0.4) is 0 Å². The van der Waals surface area contributed by atoms with Gasteiger partial charge >= 0.3 is 6.18 Å². The first-order valence-electron chi connectivity index (χ1n) is 4.04. The Morgan fingerprint density at radius 3 is 2.57 bits per heavy atom. The van der Waals surface area contributed by atoms with Crippen LogP contribution in [0.2, 0.25) is 0 Å². The molecule has 3 unspecified atom stereocenters. The Morgan fingerprint density at radius 1 is 1.57 bits per heavy atom. The lowest BCUT2D eigenvalue weighted by Crippen LogP contribution is -2.41. The molecule has 0 aromatic carbocycles. The molecule has 1 rings (SSSR count). The first-order valence-corrected chi connectivity index (χ1v) is 5.00. The molecule has 0 bridgehead atoms. The molecule has 14 heavy (non-hydrogen) atoms. The van der Waals surface area contributed by atoms with Crippen LogP contribution in [0.4, 0.5) is 13.2 Å². The Hall–Kier alpha value is 0.400. The molecule has 1 heterocycles. The number of alkyl halides is 3. The van der Waals surface area contributed by atoms with E-state index in [0.29, 0.717) is 0 Å². The average Bonchev–Trinajstić information content (AvgIpc) is 2.26. The molecule has 0 aromatic rings. The zero-order valence-electron chi connectivity index (χ0n) is 7.46. The third-order valence-electron chi connectivity index (χ3n) is 2.27. The zero-order chi connectivity index (χ0) is 10.9. The van der Waals surface area contributed by atoms with Crippen LogP contribution in [0.5, 0.6) is 0 Å². The number of nitrogens with zero attached hydrogens (tertiary/aromatic N) is 1. The number of β-amino-alcohol motifs (C(OH)–C–C–N with tert-alkyl or cyclic N) is 1. The predicted molar refractivity (Wildman–Crippen MR) is 51.9 cm³/mol. The van der Waals surface area contributed by atoms with Crippen molar-refractivity contribution < 1.29 is 23.0 Å². The molecule has 0 aliphatic carbocycles. The number of hydrogen-bond acceptors (Lipinski definition) is 3. The molecule has 1 saturated heterocycles. The van der Waals surface area contributed by atoms with Gasteiger partial charge in [-0.1, -0.05) is 0 Å². The van der Waals surface area contributed by atoms with E-state index in [-0.39, 0.29) is 13.2 Å². The van der Waals surface area contributed by atoms with Crippen LogP contribution in [0.15, 0.2) is 0 Å². The maximum Gasteiger partial charge on any atom is 0.395 e. The molecule has 84 valence electrons. The maximum atomic E-state index is 12.5. The van der Waals surface area contributed by atoms with Crippen molar-refractivity contribution in [3.8, 4) is 0 Å². The van der Waals surface area contributed by atoms with Crippen LogP contribution in [-0.2, 0) is 4.74 Å². The second kappa shape index (κ2) is 4.50. The fraction of sp³-hybridized carbons (Fsp3) is 1.00. The second-order valence-corrected chi connectivity index (χ2v) is 4.48. The summed E-state index contributed by atoms with van der Waals surface area (Å²) in [5.41, 5.74) is 0. The van der Waals surface area contributed by atoms with Gasteiger partial charge in [-0.2, -0.15) is 13.2 Å².